The minimum absolute atomic E-state index is 0.114. The molecule has 2 aliphatic heterocycles. The number of carbonyl (C=O) groups is 2. The van der Waals surface area contributed by atoms with E-state index in [-0.39, 0.29) is 49.5 Å². The maximum Gasteiger partial charge on any atom is 0.0704 e. The van der Waals surface area contributed by atoms with Gasteiger partial charge in [-0.3, -0.25) is 18.9 Å². The topological polar surface area (TPSA) is 194 Å². The monoisotopic (exact) mass is 951 g/mol. The van der Waals surface area contributed by atoms with E-state index in [1.807, 2.05) is 36.9 Å². The van der Waals surface area contributed by atoms with Crippen LogP contribution in [0.15, 0.2) is 52.3 Å². The minimum Gasteiger partial charge on any atom is -0.0598 e. The van der Waals surface area contributed by atoms with Gasteiger partial charge < -0.3 is 10.1 Å². The summed E-state index contributed by atoms with van der Waals surface area (Å²) in [7, 11) is 1.14. The van der Waals surface area contributed by atoms with E-state index in [0.29, 0.717) is 41.5 Å². The molecule has 4 aromatic rings. The zero-order chi connectivity index (χ0) is 43.1. The fourth-order valence-corrected chi connectivity index (χ4v) is 9.91. The summed E-state index contributed by atoms with van der Waals surface area (Å²) in [5, 5.41) is 10.2. The van der Waals surface area contributed by atoms with Crippen molar-refractivity contribution in [1.29, 1.82) is 0 Å². The van der Waals surface area contributed by atoms with Gasteiger partial charge in [-0.05, 0) is 31.9 Å². The molecule has 0 bridgehead atoms. The molecule has 1 saturated heterocycles. The summed E-state index contributed by atoms with van der Waals surface area (Å²) in [6.45, 7) is 8.95. The van der Waals surface area contributed by atoms with Gasteiger partial charge in [-0.25, -0.2) is 4.79 Å². The number of aliphatic imine (C=N–C) groups is 1. The maximum atomic E-state index is 13.8. The van der Waals surface area contributed by atoms with E-state index in [1.54, 1.807) is 55.2 Å². The number of piperidine rings is 1. The molecule has 20 heteroatoms. The Morgan fingerprint density at radius 2 is 1.95 bits per heavy atom. The molecule has 321 valence electrons. The first kappa shape index (κ1) is 45.0. The Labute approximate surface area is 363 Å². The molecular weight excluding hydrogens is 898 g/mol. The Balaban J connectivity index is 1.03. The smallest absolute Gasteiger partial charge is 0.0598 e. The van der Waals surface area contributed by atoms with Gasteiger partial charge in [0.2, 0.25) is 5.91 Å². The maximum absolute atomic E-state index is 13.8. The number of aromatic nitrogens is 6. The second kappa shape index (κ2) is 19.9. The molecule has 2 aliphatic rings. The Morgan fingerprint density at radius 3 is 2.60 bits per heavy atom. The molecule has 1 unspecified atom stereocenters. The van der Waals surface area contributed by atoms with Gasteiger partial charge in [0.15, 0.2) is 0 Å². The number of nitrogens with one attached hydrogen (secondary N) is 2. The Kier molecular flexibility index (Phi) is 14.9. The Hall–Kier alpha value is -4.55. The fourth-order valence-electron chi connectivity index (χ4n) is 7.64. The van der Waals surface area contributed by atoms with E-state index in [4.69, 9.17) is 4.74 Å². The first-order valence-electron chi connectivity index (χ1n) is 20.1. The molecule has 1 atom stereocenters. The number of nitrogens with zero attached hydrogens (tertiary/aromatic N) is 10. The molecule has 0 aliphatic carbocycles. The Morgan fingerprint density at radius 1 is 1.20 bits per heavy atom. The van der Waals surface area contributed by atoms with Gasteiger partial charge in [-0.15, -0.1) is 0 Å². The fraction of sp³-hybridized carbons (Fsp3) is 0.500. The number of likely N-dealkylation sites (tertiary alicyclic amines) is 1. The van der Waals surface area contributed by atoms with E-state index in [1.165, 1.54) is 35.7 Å². The number of fused-ring (bicyclic) bond motifs is 2. The van der Waals surface area contributed by atoms with E-state index in [9.17, 15) is 22.8 Å². The van der Waals surface area contributed by atoms with Crippen molar-refractivity contribution in [2.75, 3.05) is 58.7 Å². The van der Waals surface area contributed by atoms with Gasteiger partial charge in [0, 0.05) is 38.5 Å². The largest absolute Gasteiger partial charge is 0.0704 e. The molecule has 1 radical (unpaired) electrons. The van der Waals surface area contributed by atoms with Crippen LogP contribution >= 0.6 is 0 Å². The number of hydrogen-bond acceptors (Lipinski definition) is 12. The summed E-state index contributed by atoms with van der Waals surface area (Å²) in [4.78, 5) is 53.0. The molecule has 0 spiro atoms. The van der Waals surface area contributed by atoms with Crippen molar-refractivity contribution >= 4 is 83.3 Å². The van der Waals surface area contributed by atoms with Crippen molar-refractivity contribution < 1.29 is 22.7 Å². The van der Waals surface area contributed by atoms with Crippen molar-refractivity contribution in [2.24, 2.45) is 12.0 Å². The van der Waals surface area contributed by atoms with Gasteiger partial charge >= 0.3 is 214 Å². The first-order chi connectivity index (χ1) is 28.8. The van der Waals surface area contributed by atoms with E-state index < -0.39 is 16.3 Å². The number of amides is 1. The third-order valence-corrected chi connectivity index (χ3v) is 13.2. The molecule has 6 rings (SSSR count). The zero-order valence-electron chi connectivity index (χ0n) is 35.0. The van der Waals surface area contributed by atoms with Crippen molar-refractivity contribution in [1.82, 2.24) is 47.5 Å². The van der Waals surface area contributed by atoms with Crippen LogP contribution in [0.25, 0.3) is 22.3 Å². The summed E-state index contributed by atoms with van der Waals surface area (Å²) in [5.74, 6) is 0.862. The van der Waals surface area contributed by atoms with E-state index in [0.717, 1.165) is 61.0 Å². The van der Waals surface area contributed by atoms with Gasteiger partial charge in [-0.2, -0.15) is 0 Å². The van der Waals surface area contributed by atoms with Crippen LogP contribution in [0.3, 0.4) is 0 Å². The molecule has 5 heterocycles. The molecule has 60 heavy (non-hydrogen) atoms. The molecule has 18 nitrogen and oxygen atoms in total. The number of aldehydes is 1. The number of anilines is 1. The Bertz CT molecular complexity index is 2480. The second-order valence-electron chi connectivity index (χ2n) is 15.4. The molecule has 0 saturated carbocycles. The predicted molar refractivity (Wildman–Crippen MR) is 234 cm³/mol. The van der Waals surface area contributed by atoms with Gasteiger partial charge in [0.1, 0.15) is 6.29 Å². The van der Waals surface area contributed by atoms with Crippen molar-refractivity contribution in [3.05, 3.63) is 64.2 Å². The average Bonchev–Trinajstić information content (AvgIpc) is 3.75. The van der Waals surface area contributed by atoms with Crippen LogP contribution in [0, 0.1) is 0 Å². The van der Waals surface area contributed by atoms with Crippen LogP contribution in [0.5, 0.6) is 5.75 Å². The van der Waals surface area contributed by atoms with Crippen LogP contribution in [0.4, 0.5) is 5.95 Å². The normalized spacial score (nSPS) is 15.8. The molecule has 1 amide bonds. The SMILES string of the molecule is CNC(=O)CCC(C=O)n1c(=O)n(C)c2c(C3CCN(CCCN(C)S(=O)(=O)N(C[CH]=[Sb])C/C(C)=C/Nc4nc5c(OC(C)C)c(C6=CN=C6)ncn5n4)CC3)cccc21. The molecular formula is C40H54N12O6SSb. The third-order valence-electron chi connectivity index (χ3n) is 10.8. The van der Waals surface area contributed by atoms with E-state index >= 15 is 0 Å². The van der Waals surface area contributed by atoms with E-state index in [2.05, 4.69) is 41.7 Å². The zero-order valence-corrected chi connectivity index (χ0v) is 38.4. The number of ether oxygens (including phenoxy) is 1. The number of benzene rings is 1. The van der Waals surface area contributed by atoms with Crippen LogP contribution in [-0.2, 0) is 26.8 Å². The quantitative estimate of drug-likeness (QED) is 0.0920. The summed E-state index contributed by atoms with van der Waals surface area (Å²) < 4.78 is 43.2. The third kappa shape index (κ3) is 9.97. The second-order valence-corrected chi connectivity index (χ2v) is 18.5. The summed E-state index contributed by atoms with van der Waals surface area (Å²) >= 11 is 1.44. The number of carbonyl (C=O) groups excluding carboxylic acids is 2. The van der Waals surface area contributed by atoms with Gasteiger partial charge in [0.25, 0.3) is 0 Å². The number of para-hydroxylation sites is 1. The first-order valence-corrected chi connectivity index (χ1v) is 23.0. The van der Waals surface area contributed by atoms with Gasteiger partial charge in [-0.1, -0.05) is 12.1 Å². The minimum atomic E-state index is -3.77. The number of aryl methyl sites for hydroxylation is 1. The van der Waals surface area contributed by atoms with Crippen LogP contribution in [-0.4, -0.2) is 155 Å². The summed E-state index contributed by atoms with van der Waals surface area (Å²) in [5.41, 5.74) is 5.06. The van der Waals surface area contributed by atoms with Crippen LogP contribution in [0.1, 0.15) is 76.1 Å². The summed E-state index contributed by atoms with van der Waals surface area (Å²) in [6.07, 6.45) is 10.2. The number of rotatable bonds is 21. The number of hydrogen-bond donors (Lipinski definition) is 2. The average molecular weight is 953 g/mol. The van der Waals surface area contributed by atoms with Crippen LogP contribution in [0.2, 0.25) is 0 Å². The standard InChI is InChI=1S/C40H54N12O6S.Sb/c1-8-50(24-28(4)21-43-39-45-38-37(58-27(2)3)35(30-22-42-23-30)44-26-51(38)46-39)59(56,57)47(6)17-10-18-49-19-15-29(16-20-49)32-11-9-12-33-36(32)48(7)40(55)52(33)31(25-53)13-14-34(54)41-5;/h1,9,11-12,21-23,25-27,29,31H,8,10,13-20,24H2,2-7H3,(H,41,54)(H,43,46);/b28-21+;. The van der Waals surface area contributed by atoms with Crippen LogP contribution < -0.4 is 21.1 Å². The van der Waals surface area contributed by atoms with Crippen molar-refractivity contribution in [3.63, 3.8) is 0 Å². The number of imidazole rings is 1. The van der Waals surface area contributed by atoms with Gasteiger partial charge in [0.05, 0.1) is 23.2 Å². The molecule has 1 fully saturated rings. The molecule has 1 aromatic carbocycles. The summed E-state index contributed by atoms with van der Waals surface area (Å²) in [6, 6.07) is 5.11. The molecule has 3 aromatic heterocycles. The number of allylic oxidation sites excluding steroid dienone is 1. The predicted octanol–water partition coefficient (Wildman–Crippen LogP) is 2.29. The molecule has 2 N–H and O–H groups in total. The van der Waals surface area contributed by atoms with Crippen molar-refractivity contribution in [2.45, 2.75) is 70.9 Å². The van der Waals surface area contributed by atoms with Crippen molar-refractivity contribution in [3.8, 4) is 5.75 Å².